The number of hydrogen-bond donors (Lipinski definition) is 1. The van der Waals surface area contributed by atoms with Crippen molar-refractivity contribution in [3.8, 4) is 5.75 Å². The van der Waals surface area contributed by atoms with Gasteiger partial charge in [0, 0.05) is 43.3 Å². The molecule has 2 amide bonds. The molecular weight excluding hydrogens is 354 g/mol. The van der Waals surface area contributed by atoms with Crippen molar-refractivity contribution < 1.29 is 14.3 Å². The van der Waals surface area contributed by atoms with Gasteiger partial charge in [0.15, 0.2) is 0 Å². The van der Waals surface area contributed by atoms with E-state index in [0.29, 0.717) is 24.2 Å². The molecule has 28 heavy (non-hydrogen) atoms. The number of nitrogens with one attached hydrogen (secondary N) is 1. The molecule has 1 fully saturated rings. The maximum atomic E-state index is 12.8. The van der Waals surface area contributed by atoms with Crippen molar-refractivity contribution in [2.45, 2.75) is 19.9 Å². The molecule has 6 nitrogen and oxygen atoms in total. The molecule has 0 unspecified atom stereocenters. The molecule has 148 valence electrons. The Morgan fingerprint density at radius 2 is 1.54 bits per heavy atom. The van der Waals surface area contributed by atoms with Crippen LogP contribution in [0, 0.1) is 0 Å². The van der Waals surface area contributed by atoms with Crippen LogP contribution >= 0.6 is 0 Å². The van der Waals surface area contributed by atoms with Gasteiger partial charge in [-0.3, -0.25) is 9.59 Å². The van der Waals surface area contributed by atoms with Crippen molar-refractivity contribution in [1.29, 1.82) is 0 Å². The molecule has 1 N–H and O–H groups in total. The Kier molecular flexibility index (Phi) is 6.19. The lowest BCUT2D eigenvalue weighted by atomic mass is 10.1. The van der Waals surface area contributed by atoms with Crippen LogP contribution in [-0.2, 0) is 0 Å². The first-order valence-corrected chi connectivity index (χ1v) is 9.57. The number of nitrogens with zero attached hydrogens (tertiary/aromatic N) is 2. The van der Waals surface area contributed by atoms with E-state index < -0.39 is 0 Å². The smallest absolute Gasteiger partial charge is 0.253 e. The van der Waals surface area contributed by atoms with Crippen molar-refractivity contribution in [3.63, 3.8) is 0 Å². The predicted molar refractivity (Wildman–Crippen MR) is 110 cm³/mol. The summed E-state index contributed by atoms with van der Waals surface area (Å²) in [6.07, 6.45) is 0. The average Bonchev–Trinajstić information content (AvgIpc) is 2.73. The normalized spacial score (nSPS) is 14.1. The van der Waals surface area contributed by atoms with Crippen LogP contribution in [0.1, 0.15) is 34.6 Å². The Labute approximate surface area is 166 Å². The highest BCUT2D eigenvalue weighted by Gasteiger charge is 2.23. The van der Waals surface area contributed by atoms with Gasteiger partial charge in [0.05, 0.1) is 12.8 Å². The number of benzene rings is 2. The van der Waals surface area contributed by atoms with Gasteiger partial charge in [-0.15, -0.1) is 0 Å². The second-order valence-electron chi connectivity index (χ2n) is 7.16. The van der Waals surface area contributed by atoms with E-state index >= 15 is 0 Å². The van der Waals surface area contributed by atoms with Crippen LogP contribution in [0.2, 0.25) is 0 Å². The summed E-state index contributed by atoms with van der Waals surface area (Å²) in [5.41, 5.74) is 2.22. The number of rotatable bonds is 5. The highest BCUT2D eigenvalue weighted by molar-refractivity contribution is 5.98. The average molecular weight is 381 g/mol. The number of hydrogen-bond acceptors (Lipinski definition) is 4. The Balaban J connectivity index is 1.61. The Morgan fingerprint density at radius 3 is 2.14 bits per heavy atom. The zero-order valence-corrected chi connectivity index (χ0v) is 16.6. The molecule has 0 saturated carbocycles. The first-order chi connectivity index (χ1) is 13.5. The number of carbonyl (C=O) groups is 2. The van der Waals surface area contributed by atoms with Crippen LogP contribution in [-0.4, -0.2) is 56.0 Å². The lowest BCUT2D eigenvalue weighted by molar-refractivity contribution is 0.0746. The predicted octanol–water partition coefficient (Wildman–Crippen LogP) is 2.80. The lowest BCUT2D eigenvalue weighted by Gasteiger charge is -2.36. The van der Waals surface area contributed by atoms with Gasteiger partial charge in [0.1, 0.15) is 5.75 Å². The van der Waals surface area contributed by atoms with Gasteiger partial charge in [-0.05, 0) is 50.2 Å². The fraction of sp³-hybridized carbons (Fsp3) is 0.364. The second-order valence-corrected chi connectivity index (χ2v) is 7.16. The summed E-state index contributed by atoms with van der Waals surface area (Å²) < 4.78 is 5.44. The van der Waals surface area contributed by atoms with E-state index in [1.165, 1.54) is 0 Å². The molecule has 1 aliphatic heterocycles. The molecule has 0 bridgehead atoms. The minimum atomic E-state index is -0.126. The van der Waals surface area contributed by atoms with Gasteiger partial charge in [-0.1, -0.05) is 12.1 Å². The van der Waals surface area contributed by atoms with Gasteiger partial charge in [0.2, 0.25) is 0 Å². The monoisotopic (exact) mass is 381 g/mol. The first kappa shape index (κ1) is 19.7. The summed E-state index contributed by atoms with van der Waals surface area (Å²) in [5.74, 6) is 0.715. The van der Waals surface area contributed by atoms with Crippen LogP contribution in [0.5, 0.6) is 5.75 Å². The zero-order valence-electron chi connectivity index (χ0n) is 16.6. The number of carbonyl (C=O) groups excluding carboxylic acids is 2. The van der Waals surface area contributed by atoms with E-state index in [2.05, 4.69) is 10.2 Å². The lowest BCUT2D eigenvalue weighted by Crippen LogP contribution is -2.48. The van der Waals surface area contributed by atoms with Crippen LogP contribution < -0.4 is 15.0 Å². The van der Waals surface area contributed by atoms with Gasteiger partial charge >= 0.3 is 0 Å². The summed E-state index contributed by atoms with van der Waals surface area (Å²) in [6.45, 7) is 6.63. The van der Waals surface area contributed by atoms with E-state index in [1.807, 2.05) is 43.0 Å². The zero-order chi connectivity index (χ0) is 20.1. The molecule has 2 aromatic carbocycles. The minimum Gasteiger partial charge on any atom is -0.495 e. The Bertz CT molecular complexity index is 825. The van der Waals surface area contributed by atoms with Gasteiger partial charge in [-0.25, -0.2) is 0 Å². The molecule has 0 atom stereocenters. The van der Waals surface area contributed by atoms with Crippen molar-refractivity contribution >= 4 is 17.5 Å². The maximum absolute atomic E-state index is 12.8. The molecular formula is C22H27N3O3. The molecule has 1 aliphatic rings. The quantitative estimate of drug-likeness (QED) is 0.865. The third-order valence-corrected chi connectivity index (χ3v) is 4.81. The number of ether oxygens (including phenoxy) is 1. The number of methoxy groups -OCH3 is 1. The van der Waals surface area contributed by atoms with Crippen molar-refractivity contribution in [2.75, 3.05) is 38.2 Å². The fourth-order valence-electron chi connectivity index (χ4n) is 3.33. The topological polar surface area (TPSA) is 61.9 Å². The Morgan fingerprint density at radius 1 is 0.929 bits per heavy atom. The van der Waals surface area contributed by atoms with Crippen LogP contribution in [0.15, 0.2) is 48.5 Å². The Hall–Kier alpha value is -3.02. The van der Waals surface area contributed by atoms with E-state index in [9.17, 15) is 9.59 Å². The second kappa shape index (κ2) is 8.78. The number of amides is 2. The molecule has 0 radical (unpaired) electrons. The highest BCUT2D eigenvalue weighted by atomic mass is 16.5. The molecule has 0 spiro atoms. The van der Waals surface area contributed by atoms with Gasteiger partial charge in [-0.2, -0.15) is 0 Å². The molecule has 1 saturated heterocycles. The molecule has 6 heteroatoms. The van der Waals surface area contributed by atoms with E-state index in [-0.39, 0.29) is 17.9 Å². The van der Waals surface area contributed by atoms with E-state index in [4.69, 9.17) is 4.74 Å². The summed E-state index contributed by atoms with van der Waals surface area (Å²) >= 11 is 0. The fourth-order valence-corrected chi connectivity index (χ4v) is 3.33. The molecule has 3 rings (SSSR count). The van der Waals surface area contributed by atoms with Crippen molar-refractivity contribution in [3.05, 3.63) is 59.7 Å². The molecule has 0 aliphatic carbocycles. The number of para-hydroxylation sites is 2. The van der Waals surface area contributed by atoms with Crippen LogP contribution in [0.4, 0.5) is 5.69 Å². The number of piperazine rings is 1. The standard InChI is InChI=1S/C22H27N3O3/c1-16(2)23-21(26)17-8-10-18(11-9-17)22(27)25-14-12-24(13-15-25)19-6-4-5-7-20(19)28-3/h4-11,16H,12-15H2,1-3H3,(H,23,26). The summed E-state index contributed by atoms with van der Waals surface area (Å²) in [6, 6.07) is 14.9. The minimum absolute atomic E-state index is 0.00417. The molecule has 2 aromatic rings. The summed E-state index contributed by atoms with van der Waals surface area (Å²) in [7, 11) is 1.67. The largest absolute Gasteiger partial charge is 0.495 e. The summed E-state index contributed by atoms with van der Waals surface area (Å²) in [4.78, 5) is 28.9. The van der Waals surface area contributed by atoms with E-state index in [0.717, 1.165) is 24.5 Å². The van der Waals surface area contributed by atoms with Crippen LogP contribution in [0.25, 0.3) is 0 Å². The summed E-state index contributed by atoms with van der Waals surface area (Å²) in [5, 5.41) is 2.85. The van der Waals surface area contributed by atoms with Crippen molar-refractivity contribution in [1.82, 2.24) is 10.2 Å². The number of anilines is 1. The van der Waals surface area contributed by atoms with Gasteiger partial charge in [0.25, 0.3) is 11.8 Å². The van der Waals surface area contributed by atoms with Crippen molar-refractivity contribution in [2.24, 2.45) is 0 Å². The molecule has 0 aromatic heterocycles. The molecule has 1 heterocycles. The maximum Gasteiger partial charge on any atom is 0.253 e. The first-order valence-electron chi connectivity index (χ1n) is 9.57. The SMILES string of the molecule is COc1ccccc1N1CCN(C(=O)c2ccc(C(=O)NC(C)C)cc2)CC1. The third-order valence-electron chi connectivity index (χ3n) is 4.81. The third kappa shape index (κ3) is 4.44. The van der Waals surface area contributed by atoms with Gasteiger partial charge < -0.3 is 19.9 Å². The highest BCUT2D eigenvalue weighted by Crippen LogP contribution is 2.28. The van der Waals surface area contributed by atoms with Crippen LogP contribution in [0.3, 0.4) is 0 Å². The van der Waals surface area contributed by atoms with E-state index in [1.54, 1.807) is 31.4 Å².